The number of unbranched alkanes of at least 4 members (excludes halogenated alkanes) is 2. The molecule has 0 N–H and O–H groups in total. The maximum absolute atomic E-state index is 2.63. The van der Waals surface area contributed by atoms with Crippen LogP contribution >= 0.6 is 0 Å². The molecule has 2 nitrogen and oxygen atoms in total. The normalized spacial score (nSPS) is 20.0. The zero-order valence-electron chi connectivity index (χ0n) is 10.8. The molecule has 0 aromatic heterocycles. The van der Waals surface area contributed by atoms with Gasteiger partial charge in [-0.05, 0) is 18.9 Å². The zero-order chi connectivity index (χ0) is 11.1. The molecule has 0 aliphatic carbocycles. The predicted molar refractivity (Wildman–Crippen MR) is 67.2 cm³/mol. The van der Waals surface area contributed by atoms with E-state index < -0.39 is 0 Å². The van der Waals surface area contributed by atoms with Gasteiger partial charge in [0, 0.05) is 32.7 Å². The van der Waals surface area contributed by atoms with Crippen molar-refractivity contribution in [1.82, 2.24) is 9.80 Å². The van der Waals surface area contributed by atoms with Gasteiger partial charge in [0.1, 0.15) is 0 Å². The van der Waals surface area contributed by atoms with Gasteiger partial charge in [-0.3, -0.25) is 0 Å². The molecule has 90 valence electrons. The average molecular weight is 212 g/mol. The Labute approximate surface area is 95.6 Å². The highest BCUT2D eigenvalue weighted by Crippen LogP contribution is 2.06. The highest BCUT2D eigenvalue weighted by Gasteiger charge is 2.16. The van der Waals surface area contributed by atoms with E-state index in [-0.39, 0.29) is 0 Å². The van der Waals surface area contributed by atoms with Crippen LogP contribution in [0.2, 0.25) is 0 Å². The Bertz CT molecular complexity index is 149. The van der Waals surface area contributed by atoms with E-state index in [0.717, 1.165) is 5.92 Å². The Balaban J connectivity index is 2.07. The van der Waals surface area contributed by atoms with Gasteiger partial charge in [-0.15, -0.1) is 0 Å². The summed E-state index contributed by atoms with van der Waals surface area (Å²) in [4.78, 5) is 5.24. The molecule has 1 rings (SSSR count). The molecule has 1 heterocycles. The minimum absolute atomic E-state index is 0.816. The van der Waals surface area contributed by atoms with Crippen molar-refractivity contribution in [2.45, 2.75) is 40.0 Å². The molecule has 0 spiro atoms. The summed E-state index contributed by atoms with van der Waals surface area (Å²) >= 11 is 0. The van der Waals surface area contributed by atoms with Crippen molar-refractivity contribution in [3.63, 3.8) is 0 Å². The molecule has 1 aliphatic rings. The molecule has 0 bridgehead atoms. The molecule has 0 atom stereocenters. The van der Waals surface area contributed by atoms with Crippen LogP contribution in [0, 0.1) is 5.92 Å². The third kappa shape index (κ3) is 5.53. The Hall–Kier alpha value is -0.0800. The second-order valence-corrected chi connectivity index (χ2v) is 5.24. The molecule has 0 radical (unpaired) electrons. The van der Waals surface area contributed by atoms with Crippen molar-refractivity contribution in [3.05, 3.63) is 0 Å². The summed E-state index contributed by atoms with van der Waals surface area (Å²) in [6, 6.07) is 0. The minimum atomic E-state index is 0.816. The van der Waals surface area contributed by atoms with E-state index in [1.165, 1.54) is 58.5 Å². The lowest BCUT2D eigenvalue weighted by Crippen LogP contribution is -2.47. The summed E-state index contributed by atoms with van der Waals surface area (Å²) in [5.41, 5.74) is 0. The van der Waals surface area contributed by atoms with Crippen LogP contribution in [0.4, 0.5) is 0 Å². The van der Waals surface area contributed by atoms with Gasteiger partial charge in [0.2, 0.25) is 0 Å². The standard InChI is InChI=1S/C13H28N2/c1-4-5-6-7-14-8-10-15(11-9-14)12-13(2)3/h13H,4-12H2,1-3H3. The van der Waals surface area contributed by atoms with Crippen molar-refractivity contribution in [2.75, 3.05) is 39.3 Å². The molecule has 0 saturated carbocycles. The van der Waals surface area contributed by atoms with E-state index >= 15 is 0 Å². The van der Waals surface area contributed by atoms with Gasteiger partial charge >= 0.3 is 0 Å². The summed E-state index contributed by atoms with van der Waals surface area (Å²) in [6.45, 7) is 14.6. The zero-order valence-corrected chi connectivity index (χ0v) is 10.8. The van der Waals surface area contributed by atoms with Crippen LogP contribution in [-0.4, -0.2) is 49.1 Å². The van der Waals surface area contributed by atoms with Gasteiger partial charge < -0.3 is 9.80 Å². The largest absolute Gasteiger partial charge is 0.301 e. The number of nitrogens with zero attached hydrogens (tertiary/aromatic N) is 2. The van der Waals surface area contributed by atoms with E-state index in [9.17, 15) is 0 Å². The first-order chi connectivity index (χ1) is 7.22. The smallest absolute Gasteiger partial charge is 0.0110 e. The third-order valence-corrected chi connectivity index (χ3v) is 3.17. The Morgan fingerprint density at radius 3 is 2.07 bits per heavy atom. The SMILES string of the molecule is CCCCCN1CCN(CC(C)C)CC1. The molecule has 0 amide bonds. The van der Waals surface area contributed by atoms with Crippen LogP contribution in [0.5, 0.6) is 0 Å². The fraction of sp³-hybridized carbons (Fsp3) is 1.00. The van der Waals surface area contributed by atoms with Gasteiger partial charge in [-0.2, -0.15) is 0 Å². The highest BCUT2D eigenvalue weighted by atomic mass is 15.3. The maximum atomic E-state index is 2.63. The molecule has 0 aromatic rings. The summed E-state index contributed by atoms with van der Waals surface area (Å²) in [6.07, 6.45) is 4.13. The predicted octanol–water partition coefficient (Wildman–Crippen LogP) is 2.45. The van der Waals surface area contributed by atoms with Gasteiger partial charge in [-0.25, -0.2) is 0 Å². The number of hydrogen-bond acceptors (Lipinski definition) is 2. The first-order valence-corrected chi connectivity index (χ1v) is 6.67. The van der Waals surface area contributed by atoms with Crippen LogP contribution in [0.3, 0.4) is 0 Å². The molecule has 1 aliphatic heterocycles. The van der Waals surface area contributed by atoms with Crippen LogP contribution in [0.1, 0.15) is 40.0 Å². The lowest BCUT2D eigenvalue weighted by atomic mass is 10.2. The molecule has 0 aromatic carbocycles. The van der Waals surface area contributed by atoms with E-state index in [1.54, 1.807) is 0 Å². The molecule has 2 heteroatoms. The third-order valence-electron chi connectivity index (χ3n) is 3.17. The monoisotopic (exact) mass is 212 g/mol. The van der Waals surface area contributed by atoms with Crippen molar-refractivity contribution in [1.29, 1.82) is 0 Å². The lowest BCUT2D eigenvalue weighted by Gasteiger charge is -2.35. The van der Waals surface area contributed by atoms with Crippen LogP contribution in [0.25, 0.3) is 0 Å². The molecule has 15 heavy (non-hydrogen) atoms. The van der Waals surface area contributed by atoms with Crippen LogP contribution in [0.15, 0.2) is 0 Å². The fourth-order valence-corrected chi connectivity index (χ4v) is 2.30. The van der Waals surface area contributed by atoms with Gasteiger partial charge in [0.25, 0.3) is 0 Å². The van der Waals surface area contributed by atoms with Gasteiger partial charge in [-0.1, -0.05) is 33.6 Å². The highest BCUT2D eigenvalue weighted by molar-refractivity contribution is 4.72. The summed E-state index contributed by atoms with van der Waals surface area (Å²) < 4.78 is 0. The van der Waals surface area contributed by atoms with Crippen LogP contribution < -0.4 is 0 Å². The maximum Gasteiger partial charge on any atom is 0.0110 e. The second-order valence-electron chi connectivity index (χ2n) is 5.24. The van der Waals surface area contributed by atoms with Crippen molar-refractivity contribution in [2.24, 2.45) is 5.92 Å². The molecule has 0 unspecified atom stereocenters. The fourth-order valence-electron chi connectivity index (χ4n) is 2.30. The number of hydrogen-bond donors (Lipinski definition) is 0. The summed E-state index contributed by atoms with van der Waals surface area (Å²) in [5.74, 6) is 0.816. The quantitative estimate of drug-likeness (QED) is 0.624. The first-order valence-electron chi connectivity index (χ1n) is 6.67. The van der Waals surface area contributed by atoms with Crippen molar-refractivity contribution >= 4 is 0 Å². The van der Waals surface area contributed by atoms with E-state index in [4.69, 9.17) is 0 Å². The topological polar surface area (TPSA) is 6.48 Å². The Morgan fingerprint density at radius 2 is 1.53 bits per heavy atom. The number of rotatable bonds is 6. The second kappa shape index (κ2) is 7.24. The van der Waals surface area contributed by atoms with Crippen molar-refractivity contribution in [3.8, 4) is 0 Å². The molecular weight excluding hydrogens is 184 g/mol. The van der Waals surface area contributed by atoms with E-state index in [2.05, 4.69) is 30.6 Å². The minimum Gasteiger partial charge on any atom is -0.301 e. The first kappa shape index (κ1) is 13.0. The van der Waals surface area contributed by atoms with Crippen molar-refractivity contribution < 1.29 is 0 Å². The average Bonchev–Trinajstić information content (AvgIpc) is 2.20. The Kier molecular flexibility index (Phi) is 6.26. The lowest BCUT2D eigenvalue weighted by molar-refractivity contribution is 0.121. The molecule has 1 saturated heterocycles. The summed E-state index contributed by atoms with van der Waals surface area (Å²) in [5, 5.41) is 0. The van der Waals surface area contributed by atoms with E-state index in [1.807, 2.05) is 0 Å². The Morgan fingerprint density at radius 1 is 0.933 bits per heavy atom. The molecular formula is C13H28N2. The van der Waals surface area contributed by atoms with Gasteiger partial charge in [0.05, 0.1) is 0 Å². The number of piperazine rings is 1. The van der Waals surface area contributed by atoms with Crippen LogP contribution in [-0.2, 0) is 0 Å². The summed E-state index contributed by atoms with van der Waals surface area (Å²) in [7, 11) is 0. The van der Waals surface area contributed by atoms with E-state index in [0.29, 0.717) is 0 Å². The molecule has 1 fully saturated rings. The van der Waals surface area contributed by atoms with Gasteiger partial charge in [0.15, 0.2) is 0 Å².